The predicted molar refractivity (Wildman–Crippen MR) is 99.9 cm³/mol. The van der Waals surface area contributed by atoms with Gasteiger partial charge in [0, 0.05) is 12.1 Å². The molecule has 1 atom stereocenters. The van der Waals surface area contributed by atoms with Crippen molar-refractivity contribution in [2.75, 3.05) is 7.11 Å². The van der Waals surface area contributed by atoms with Crippen LogP contribution in [0.1, 0.15) is 43.4 Å². The molecule has 0 aliphatic carbocycles. The number of primary amides is 1. The fourth-order valence-electron chi connectivity index (χ4n) is 2.73. The van der Waals surface area contributed by atoms with Gasteiger partial charge in [0.15, 0.2) is 5.60 Å². The number of carbonyl (C=O) groups excluding carboxylic acids is 1. The Morgan fingerprint density at radius 3 is 2.52 bits per heavy atom. The minimum absolute atomic E-state index is 0.256. The van der Waals surface area contributed by atoms with Crippen molar-refractivity contribution in [1.29, 1.82) is 0 Å². The zero-order chi connectivity index (χ0) is 18.6. The van der Waals surface area contributed by atoms with Crippen molar-refractivity contribution < 1.29 is 14.3 Å². The van der Waals surface area contributed by atoms with Crippen LogP contribution in [-0.2, 0) is 21.7 Å². The summed E-state index contributed by atoms with van der Waals surface area (Å²) in [4.78, 5) is 11.9. The Bertz CT molecular complexity index is 760. The molecule has 1 unspecified atom stereocenters. The number of hydrogen-bond acceptors (Lipinski definition) is 3. The van der Waals surface area contributed by atoms with Crippen LogP contribution in [-0.4, -0.2) is 13.0 Å². The lowest BCUT2D eigenvalue weighted by Gasteiger charge is -2.27. The summed E-state index contributed by atoms with van der Waals surface area (Å²) in [6, 6.07) is 13.1. The number of rotatable bonds is 7. The van der Waals surface area contributed by atoms with Gasteiger partial charge in [-0.1, -0.05) is 49.7 Å². The first kappa shape index (κ1) is 19.3. The van der Waals surface area contributed by atoms with Crippen molar-refractivity contribution in [2.24, 2.45) is 5.73 Å². The maximum absolute atomic E-state index is 11.9. The second-order valence-electron chi connectivity index (χ2n) is 6.38. The number of amides is 1. The second-order valence-corrected chi connectivity index (χ2v) is 6.82. The Morgan fingerprint density at radius 1 is 1.24 bits per heavy atom. The lowest BCUT2D eigenvalue weighted by atomic mass is 9.90. The van der Waals surface area contributed by atoms with E-state index in [1.165, 1.54) is 7.11 Å². The van der Waals surface area contributed by atoms with Gasteiger partial charge in [-0.2, -0.15) is 0 Å². The van der Waals surface area contributed by atoms with E-state index in [0.717, 1.165) is 16.9 Å². The average molecular weight is 362 g/mol. The zero-order valence-electron chi connectivity index (χ0n) is 15.0. The molecule has 2 rings (SSSR count). The van der Waals surface area contributed by atoms with E-state index < -0.39 is 11.5 Å². The number of hydrogen-bond donors (Lipinski definition) is 1. The van der Waals surface area contributed by atoms with Gasteiger partial charge in [-0.25, -0.2) is 0 Å². The van der Waals surface area contributed by atoms with Gasteiger partial charge >= 0.3 is 0 Å². The molecule has 4 nitrogen and oxygen atoms in total. The number of nitrogens with two attached hydrogens (primary N) is 1. The van der Waals surface area contributed by atoms with Gasteiger partial charge in [0.05, 0.1) is 0 Å². The molecule has 0 saturated carbocycles. The van der Waals surface area contributed by atoms with Crippen LogP contribution in [0.5, 0.6) is 5.75 Å². The van der Waals surface area contributed by atoms with Gasteiger partial charge < -0.3 is 15.2 Å². The molecule has 0 fully saturated rings. The molecular weight excluding hydrogens is 338 g/mol. The van der Waals surface area contributed by atoms with E-state index in [2.05, 4.69) is 13.8 Å². The Kier molecular flexibility index (Phi) is 6.09. The minimum Gasteiger partial charge on any atom is -0.489 e. The summed E-state index contributed by atoms with van der Waals surface area (Å²) in [6.07, 6.45) is 0. The fourth-order valence-corrected chi connectivity index (χ4v) is 2.93. The molecule has 0 aliphatic heterocycles. The van der Waals surface area contributed by atoms with Crippen molar-refractivity contribution in [3.8, 4) is 5.75 Å². The molecule has 2 aromatic carbocycles. The van der Waals surface area contributed by atoms with E-state index in [4.69, 9.17) is 26.8 Å². The maximum atomic E-state index is 11.9. The first-order valence-corrected chi connectivity index (χ1v) is 8.53. The molecule has 0 spiro atoms. The van der Waals surface area contributed by atoms with Crippen LogP contribution < -0.4 is 10.5 Å². The average Bonchev–Trinajstić information content (AvgIpc) is 2.59. The largest absolute Gasteiger partial charge is 0.489 e. The van der Waals surface area contributed by atoms with Crippen molar-refractivity contribution in [3.05, 3.63) is 64.2 Å². The van der Waals surface area contributed by atoms with E-state index in [9.17, 15) is 4.79 Å². The molecule has 1 amide bonds. The lowest BCUT2D eigenvalue weighted by molar-refractivity contribution is -0.139. The number of methoxy groups -OCH3 is 1. The highest BCUT2D eigenvalue weighted by Crippen LogP contribution is 2.32. The molecular formula is C20H24ClNO3. The third-order valence-electron chi connectivity index (χ3n) is 4.38. The number of halogens is 1. The first-order valence-electron chi connectivity index (χ1n) is 8.15. The standard InChI is InChI=1S/C20H24ClNO3/c1-13(2)16-7-5-6-8-18(16)25-12-14-11-15(21)9-10-17(14)20(3,24-4)19(22)23/h5-11,13H,12H2,1-4H3,(H2,22,23). The minimum atomic E-state index is -1.25. The van der Waals surface area contributed by atoms with Crippen LogP contribution in [0.2, 0.25) is 5.02 Å². The van der Waals surface area contributed by atoms with E-state index in [-0.39, 0.29) is 6.61 Å². The fraction of sp³-hybridized carbons (Fsp3) is 0.350. The van der Waals surface area contributed by atoms with Gasteiger partial charge in [0.25, 0.3) is 5.91 Å². The summed E-state index contributed by atoms with van der Waals surface area (Å²) >= 11 is 6.14. The third-order valence-corrected chi connectivity index (χ3v) is 4.62. The highest BCUT2D eigenvalue weighted by atomic mass is 35.5. The molecule has 0 saturated heterocycles. The Labute approximate surface area is 153 Å². The summed E-state index contributed by atoms with van der Waals surface area (Å²) in [7, 11) is 1.46. The summed E-state index contributed by atoms with van der Waals surface area (Å²) in [5.41, 5.74) is 6.83. The van der Waals surface area contributed by atoms with Crippen LogP contribution in [0.4, 0.5) is 0 Å². The second kappa shape index (κ2) is 7.89. The van der Waals surface area contributed by atoms with E-state index in [1.54, 1.807) is 25.1 Å². The highest BCUT2D eigenvalue weighted by molar-refractivity contribution is 6.30. The lowest BCUT2D eigenvalue weighted by Crippen LogP contribution is -2.41. The molecule has 25 heavy (non-hydrogen) atoms. The zero-order valence-corrected chi connectivity index (χ0v) is 15.8. The SMILES string of the molecule is COC(C)(C(N)=O)c1ccc(Cl)cc1COc1ccccc1C(C)C. The monoisotopic (exact) mass is 361 g/mol. The quantitative estimate of drug-likeness (QED) is 0.795. The Morgan fingerprint density at radius 2 is 1.92 bits per heavy atom. The number of ether oxygens (including phenoxy) is 2. The number of para-hydroxylation sites is 1. The van der Waals surface area contributed by atoms with Crippen molar-refractivity contribution in [2.45, 2.75) is 38.9 Å². The molecule has 134 valence electrons. The number of carbonyl (C=O) groups is 1. The van der Waals surface area contributed by atoms with Crippen LogP contribution in [0, 0.1) is 0 Å². The summed E-state index contributed by atoms with van der Waals surface area (Å²) in [6.45, 7) is 6.13. The molecule has 0 aliphatic rings. The topological polar surface area (TPSA) is 61.5 Å². The molecule has 5 heteroatoms. The van der Waals surface area contributed by atoms with Gasteiger partial charge in [-0.05, 0) is 47.7 Å². The van der Waals surface area contributed by atoms with E-state index in [0.29, 0.717) is 16.5 Å². The Balaban J connectivity index is 2.38. The first-order chi connectivity index (χ1) is 11.8. The van der Waals surface area contributed by atoms with Crippen LogP contribution >= 0.6 is 11.6 Å². The van der Waals surface area contributed by atoms with Crippen LogP contribution in [0.3, 0.4) is 0 Å². The van der Waals surface area contributed by atoms with Crippen LogP contribution in [0.15, 0.2) is 42.5 Å². The predicted octanol–water partition coefficient (Wildman–Crippen LogP) is 4.39. The molecule has 2 N–H and O–H groups in total. The molecule has 0 bridgehead atoms. The van der Waals surface area contributed by atoms with Crippen molar-refractivity contribution in [1.82, 2.24) is 0 Å². The van der Waals surface area contributed by atoms with E-state index in [1.807, 2.05) is 24.3 Å². The van der Waals surface area contributed by atoms with Crippen molar-refractivity contribution >= 4 is 17.5 Å². The highest BCUT2D eigenvalue weighted by Gasteiger charge is 2.35. The van der Waals surface area contributed by atoms with Gasteiger partial charge in [0.1, 0.15) is 12.4 Å². The molecule has 0 heterocycles. The Hall–Kier alpha value is -2.04. The van der Waals surface area contributed by atoms with E-state index >= 15 is 0 Å². The molecule has 2 aromatic rings. The number of benzene rings is 2. The maximum Gasteiger partial charge on any atom is 0.254 e. The smallest absolute Gasteiger partial charge is 0.254 e. The van der Waals surface area contributed by atoms with Crippen molar-refractivity contribution in [3.63, 3.8) is 0 Å². The normalized spacial score (nSPS) is 13.5. The third kappa shape index (κ3) is 4.14. The van der Waals surface area contributed by atoms with Gasteiger partial charge in [0.2, 0.25) is 0 Å². The molecule has 0 aromatic heterocycles. The molecule has 0 radical (unpaired) electrons. The summed E-state index contributed by atoms with van der Waals surface area (Å²) < 4.78 is 11.4. The van der Waals surface area contributed by atoms with Gasteiger partial charge in [-0.15, -0.1) is 0 Å². The van der Waals surface area contributed by atoms with Crippen LogP contribution in [0.25, 0.3) is 0 Å². The summed E-state index contributed by atoms with van der Waals surface area (Å²) in [5, 5.41) is 0.558. The van der Waals surface area contributed by atoms with Gasteiger partial charge in [-0.3, -0.25) is 4.79 Å². The summed E-state index contributed by atoms with van der Waals surface area (Å²) in [5.74, 6) is 0.577.